The van der Waals surface area contributed by atoms with Gasteiger partial charge in [-0.3, -0.25) is 14.6 Å². The summed E-state index contributed by atoms with van der Waals surface area (Å²) in [6.45, 7) is 4.15. The minimum absolute atomic E-state index is 0.0157. The van der Waals surface area contributed by atoms with Crippen molar-refractivity contribution < 1.29 is 14.3 Å². The molecule has 0 radical (unpaired) electrons. The largest absolute Gasteiger partial charge is 0.477 e. The van der Waals surface area contributed by atoms with Gasteiger partial charge in [0.05, 0.1) is 5.52 Å². The highest BCUT2D eigenvalue weighted by atomic mass is 16.5. The molecule has 2 aliphatic heterocycles. The highest BCUT2D eigenvalue weighted by Crippen LogP contribution is 2.33. The maximum atomic E-state index is 13.5. The summed E-state index contributed by atoms with van der Waals surface area (Å²) in [5, 5.41) is 7.15. The Hall–Kier alpha value is -2.67. The molecular weight excluding hydrogens is 356 g/mol. The zero-order valence-electron chi connectivity index (χ0n) is 16.1. The highest BCUT2D eigenvalue weighted by molar-refractivity contribution is 5.89. The van der Waals surface area contributed by atoms with Crippen molar-refractivity contribution in [3.63, 3.8) is 0 Å². The van der Waals surface area contributed by atoms with Crippen LogP contribution in [0, 0.1) is 0 Å². The number of benzene rings is 1. The van der Waals surface area contributed by atoms with E-state index in [-0.39, 0.29) is 17.9 Å². The molecule has 1 aromatic carbocycles. The van der Waals surface area contributed by atoms with Gasteiger partial charge in [-0.05, 0) is 43.8 Å². The number of likely N-dealkylation sites (tertiary alicyclic amines) is 1. The summed E-state index contributed by atoms with van der Waals surface area (Å²) in [4.78, 5) is 31.1. The van der Waals surface area contributed by atoms with Gasteiger partial charge in [-0.2, -0.15) is 0 Å². The average Bonchev–Trinajstić information content (AvgIpc) is 3.16. The Morgan fingerprint density at radius 3 is 2.86 bits per heavy atom. The minimum atomic E-state index is -0.888. The van der Waals surface area contributed by atoms with Crippen LogP contribution in [0.25, 0.3) is 10.9 Å². The smallest absolute Gasteiger partial charge is 0.266 e. The van der Waals surface area contributed by atoms with Gasteiger partial charge >= 0.3 is 0 Å². The maximum Gasteiger partial charge on any atom is 0.266 e. The molecule has 0 bridgehead atoms. The number of piperidine rings is 1. The Morgan fingerprint density at radius 2 is 2.07 bits per heavy atom. The third-order valence-corrected chi connectivity index (χ3v) is 5.59. The first-order valence-corrected chi connectivity index (χ1v) is 9.87. The van der Waals surface area contributed by atoms with E-state index in [0.717, 1.165) is 30.4 Å². The second-order valence-corrected chi connectivity index (χ2v) is 7.61. The van der Waals surface area contributed by atoms with E-state index in [4.69, 9.17) is 4.74 Å². The lowest BCUT2D eigenvalue weighted by atomic mass is 9.90. The third kappa shape index (κ3) is 3.67. The predicted molar refractivity (Wildman–Crippen MR) is 106 cm³/mol. The van der Waals surface area contributed by atoms with Crippen molar-refractivity contribution in [2.45, 2.75) is 37.8 Å². The molecule has 148 valence electrons. The number of rotatable bonds is 4. The molecule has 0 saturated carbocycles. The van der Waals surface area contributed by atoms with E-state index >= 15 is 0 Å². The Morgan fingerprint density at radius 1 is 1.25 bits per heavy atom. The van der Waals surface area contributed by atoms with Gasteiger partial charge in [0.15, 0.2) is 5.60 Å². The lowest BCUT2D eigenvalue weighted by Gasteiger charge is -2.39. The summed E-state index contributed by atoms with van der Waals surface area (Å²) < 4.78 is 6.49. The van der Waals surface area contributed by atoms with Crippen LogP contribution in [-0.2, 0) is 9.59 Å². The molecule has 0 spiro atoms. The number of pyridine rings is 1. The van der Waals surface area contributed by atoms with Crippen molar-refractivity contribution in [3.8, 4) is 5.75 Å². The van der Waals surface area contributed by atoms with Crippen molar-refractivity contribution in [1.29, 1.82) is 0 Å². The molecule has 2 aliphatic rings. The molecule has 1 aromatic heterocycles. The van der Waals surface area contributed by atoms with E-state index in [1.165, 1.54) is 6.92 Å². The van der Waals surface area contributed by atoms with E-state index in [0.29, 0.717) is 31.7 Å². The quantitative estimate of drug-likeness (QED) is 0.837. The van der Waals surface area contributed by atoms with Crippen LogP contribution < -0.4 is 15.4 Å². The summed E-state index contributed by atoms with van der Waals surface area (Å²) in [5.41, 5.74) is -0.0380. The molecular formula is C21H26N4O3. The van der Waals surface area contributed by atoms with E-state index in [2.05, 4.69) is 15.6 Å². The summed E-state index contributed by atoms with van der Waals surface area (Å²) >= 11 is 0. The summed E-state index contributed by atoms with van der Waals surface area (Å²) in [7, 11) is 0. The third-order valence-electron chi connectivity index (χ3n) is 5.59. The van der Waals surface area contributed by atoms with Crippen LogP contribution in [0.1, 0.15) is 26.2 Å². The summed E-state index contributed by atoms with van der Waals surface area (Å²) in [5.74, 6) is 0.650. The fourth-order valence-electron chi connectivity index (χ4n) is 4.20. The van der Waals surface area contributed by atoms with Gasteiger partial charge < -0.3 is 20.3 Å². The summed E-state index contributed by atoms with van der Waals surface area (Å²) in [6.07, 6.45) is 3.76. The second-order valence-electron chi connectivity index (χ2n) is 7.61. The van der Waals surface area contributed by atoms with E-state index in [9.17, 15) is 9.59 Å². The molecule has 1 atom stereocenters. The van der Waals surface area contributed by atoms with Crippen LogP contribution >= 0.6 is 0 Å². The van der Waals surface area contributed by atoms with Gasteiger partial charge in [-0.15, -0.1) is 0 Å². The Kier molecular flexibility index (Phi) is 5.17. The molecule has 7 heteroatoms. The second kappa shape index (κ2) is 7.75. The number of carbonyl (C=O) groups is 2. The topological polar surface area (TPSA) is 83.6 Å². The van der Waals surface area contributed by atoms with Crippen LogP contribution in [0.2, 0.25) is 0 Å². The molecule has 2 saturated heterocycles. The van der Waals surface area contributed by atoms with Gasteiger partial charge in [0.25, 0.3) is 5.91 Å². The average molecular weight is 382 g/mol. The Balaban J connectivity index is 1.60. The molecule has 0 unspecified atom stereocenters. The van der Waals surface area contributed by atoms with Crippen LogP contribution in [0.5, 0.6) is 5.75 Å². The maximum absolute atomic E-state index is 13.5. The number of hydrogen-bond acceptors (Lipinski definition) is 5. The van der Waals surface area contributed by atoms with Gasteiger partial charge in [-0.1, -0.05) is 6.07 Å². The first kappa shape index (κ1) is 18.7. The molecule has 4 rings (SSSR count). The molecule has 7 nitrogen and oxygen atoms in total. The SMILES string of the molecule is CC(=O)N[C@@H]1CCN(C(=O)C2(Oc3cccc4ncccc34)CCNCC2)C1. The number of aromatic nitrogens is 1. The van der Waals surface area contributed by atoms with Crippen molar-refractivity contribution in [2.75, 3.05) is 26.2 Å². The van der Waals surface area contributed by atoms with Crippen molar-refractivity contribution in [3.05, 3.63) is 36.5 Å². The number of ether oxygens (including phenoxy) is 1. The van der Waals surface area contributed by atoms with Crippen LogP contribution in [0.4, 0.5) is 0 Å². The fourth-order valence-corrected chi connectivity index (χ4v) is 4.20. The Labute approximate surface area is 164 Å². The molecule has 3 heterocycles. The summed E-state index contributed by atoms with van der Waals surface area (Å²) in [6, 6.07) is 9.63. The number of hydrogen-bond donors (Lipinski definition) is 2. The molecule has 2 fully saturated rings. The molecule has 2 amide bonds. The zero-order chi connectivity index (χ0) is 19.6. The number of fused-ring (bicyclic) bond motifs is 1. The monoisotopic (exact) mass is 382 g/mol. The lowest BCUT2D eigenvalue weighted by Crippen LogP contribution is -2.57. The normalized spacial score (nSPS) is 21.5. The van der Waals surface area contributed by atoms with Crippen LogP contribution in [0.3, 0.4) is 0 Å². The molecule has 2 N–H and O–H groups in total. The van der Waals surface area contributed by atoms with Gasteiger partial charge in [0.1, 0.15) is 5.75 Å². The van der Waals surface area contributed by atoms with Crippen LogP contribution in [0.15, 0.2) is 36.5 Å². The highest BCUT2D eigenvalue weighted by Gasteiger charge is 2.46. The number of nitrogens with one attached hydrogen (secondary N) is 2. The van der Waals surface area contributed by atoms with Crippen molar-refractivity contribution in [1.82, 2.24) is 20.5 Å². The molecule has 2 aromatic rings. The number of amides is 2. The fraction of sp³-hybridized carbons (Fsp3) is 0.476. The van der Waals surface area contributed by atoms with E-state index < -0.39 is 5.60 Å². The van der Waals surface area contributed by atoms with E-state index in [1.807, 2.05) is 35.2 Å². The first-order valence-electron chi connectivity index (χ1n) is 9.87. The standard InChI is InChI=1S/C21H26N4O3/c1-15(26)24-16-7-13-25(14-16)20(27)21(8-11-22-12-9-21)28-19-6-2-5-18-17(19)4-3-10-23-18/h2-6,10,16,22H,7-9,11-14H2,1H3,(H,24,26)/t16-/m1/s1. The van der Waals surface area contributed by atoms with Gasteiger partial charge in [0.2, 0.25) is 5.91 Å². The predicted octanol–water partition coefficient (Wildman–Crippen LogP) is 1.47. The minimum Gasteiger partial charge on any atom is -0.477 e. The van der Waals surface area contributed by atoms with E-state index in [1.54, 1.807) is 6.20 Å². The molecule has 0 aliphatic carbocycles. The Bertz CT molecular complexity index is 874. The van der Waals surface area contributed by atoms with Crippen molar-refractivity contribution in [2.24, 2.45) is 0 Å². The molecule has 28 heavy (non-hydrogen) atoms. The number of carbonyl (C=O) groups excluding carboxylic acids is 2. The van der Waals surface area contributed by atoms with Gasteiger partial charge in [-0.25, -0.2) is 0 Å². The van der Waals surface area contributed by atoms with Gasteiger partial charge in [0, 0.05) is 50.5 Å². The van der Waals surface area contributed by atoms with Crippen molar-refractivity contribution >= 4 is 22.7 Å². The van der Waals surface area contributed by atoms with Crippen LogP contribution in [-0.4, -0.2) is 59.5 Å². The zero-order valence-corrected chi connectivity index (χ0v) is 16.1. The first-order chi connectivity index (χ1) is 13.6. The lowest BCUT2D eigenvalue weighted by molar-refractivity contribution is -0.149. The number of nitrogens with zero attached hydrogens (tertiary/aromatic N) is 2.